The number of rotatable bonds is 4. The van der Waals surface area contributed by atoms with Gasteiger partial charge in [-0.2, -0.15) is 0 Å². The first-order valence-corrected chi connectivity index (χ1v) is 6.93. The van der Waals surface area contributed by atoms with Gasteiger partial charge in [-0.15, -0.1) is 0 Å². The van der Waals surface area contributed by atoms with Gasteiger partial charge in [-0.1, -0.05) is 24.9 Å². The van der Waals surface area contributed by atoms with Gasteiger partial charge in [-0.05, 0) is 24.8 Å². The lowest BCUT2D eigenvalue weighted by molar-refractivity contribution is 0.318. The van der Waals surface area contributed by atoms with E-state index in [-0.39, 0.29) is 5.84 Å². The van der Waals surface area contributed by atoms with Crippen LogP contribution >= 0.6 is 0 Å². The fraction of sp³-hybridized carbons (Fsp3) is 0.571. The van der Waals surface area contributed by atoms with E-state index < -0.39 is 0 Å². The molecule has 0 atom stereocenters. The van der Waals surface area contributed by atoms with Crippen molar-refractivity contribution in [3.05, 3.63) is 24.0 Å². The Morgan fingerprint density at radius 2 is 2.26 bits per heavy atom. The van der Waals surface area contributed by atoms with Crippen molar-refractivity contribution in [2.75, 3.05) is 18.0 Å². The summed E-state index contributed by atoms with van der Waals surface area (Å²) in [6, 6.07) is 1.79. The smallest absolute Gasteiger partial charge is 0.172 e. The topological polar surface area (TPSA) is 74.7 Å². The summed E-state index contributed by atoms with van der Waals surface area (Å²) >= 11 is 0. The van der Waals surface area contributed by atoms with Crippen molar-refractivity contribution < 1.29 is 5.21 Å². The zero-order chi connectivity index (χ0) is 13.7. The Kier molecular flexibility index (Phi) is 4.60. The summed E-state index contributed by atoms with van der Waals surface area (Å²) in [5.74, 6) is 0.985. The molecule has 0 spiro atoms. The molecule has 5 heteroatoms. The van der Waals surface area contributed by atoms with Gasteiger partial charge in [0.2, 0.25) is 0 Å². The van der Waals surface area contributed by atoms with E-state index in [2.05, 4.69) is 22.0 Å². The molecule has 0 unspecified atom stereocenters. The molecule has 0 bridgehead atoms. The predicted octanol–water partition coefficient (Wildman–Crippen LogP) is 2.19. The lowest BCUT2D eigenvalue weighted by Gasteiger charge is -2.34. The number of aromatic nitrogens is 1. The van der Waals surface area contributed by atoms with Crippen LogP contribution in [0.2, 0.25) is 0 Å². The van der Waals surface area contributed by atoms with Crippen molar-refractivity contribution in [2.45, 2.75) is 32.6 Å². The van der Waals surface area contributed by atoms with E-state index in [4.69, 9.17) is 10.9 Å². The molecule has 3 N–H and O–H groups in total. The number of anilines is 1. The fourth-order valence-corrected chi connectivity index (χ4v) is 2.78. The van der Waals surface area contributed by atoms with Crippen molar-refractivity contribution >= 4 is 11.5 Å². The number of oxime groups is 1. The summed E-state index contributed by atoms with van der Waals surface area (Å²) < 4.78 is 0. The highest BCUT2D eigenvalue weighted by atomic mass is 16.4. The van der Waals surface area contributed by atoms with E-state index in [0.717, 1.165) is 30.3 Å². The van der Waals surface area contributed by atoms with Gasteiger partial charge in [0.25, 0.3) is 0 Å². The molecule has 19 heavy (non-hydrogen) atoms. The third-order valence-electron chi connectivity index (χ3n) is 3.84. The van der Waals surface area contributed by atoms with Crippen LogP contribution in [0.1, 0.15) is 38.2 Å². The quantitative estimate of drug-likeness (QED) is 0.377. The summed E-state index contributed by atoms with van der Waals surface area (Å²) in [5.41, 5.74) is 7.44. The molecule has 1 aromatic rings. The average molecular weight is 262 g/mol. The summed E-state index contributed by atoms with van der Waals surface area (Å²) in [5, 5.41) is 11.9. The molecular formula is C14H22N4O. The van der Waals surface area contributed by atoms with Crippen LogP contribution in [0.25, 0.3) is 0 Å². The van der Waals surface area contributed by atoms with E-state index >= 15 is 0 Å². The lowest BCUT2D eigenvalue weighted by atomic mass is 9.92. The number of pyridine rings is 1. The number of piperidine rings is 1. The number of hydrogen-bond donors (Lipinski definition) is 2. The third-order valence-corrected chi connectivity index (χ3v) is 3.84. The van der Waals surface area contributed by atoms with Gasteiger partial charge in [-0.25, -0.2) is 0 Å². The van der Waals surface area contributed by atoms with E-state index in [1.807, 2.05) is 0 Å². The monoisotopic (exact) mass is 262 g/mol. The zero-order valence-electron chi connectivity index (χ0n) is 11.4. The third kappa shape index (κ3) is 3.16. The highest BCUT2D eigenvalue weighted by molar-refractivity contribution is 6.02. The van der Waals surface area contributed by atoms with Crippen molar-refractivity contribution in [2.24, 2.45) is 16.8 Å². The largest absolute Gasteiger partial charge is 0.409 e. The molecule has 0 amide bonds. The van der Waals surface area contributed by atoms with Gasteiger partial charge in [0.1, 0.15) is 0 Å². The summed E-state index contributed by atoms with van der Waals surface area (Å²) in [6.07, 6.45) is 8.45. The van der Waals surface area contributed by atoms with Crippen LogP contribution in [0.4, 0.5) is 5.69 Å². The maximum atomic E-state index is 8.85. The molecule has 0 aliphatic carbocycles. The minimum Gasteiger partial charge on any atom is -0.409 e. The average Bonchev–Trinajstić information content (AvgIpc) is 2.47. The molecule has 1 saturated heterocycles. The van der Waals surface area contributed by atoms with Gasteiger partial charge < -0.3 is 15.8 Å². The standard InChI is InChI=1S/C14H22N4O/c1-2-3-11-5-8-18(9-6-11)13-10-16-7-4-12(13)14(15)17-19/h4,7,10-11,19H,2-3,5-6,8-9H2,1H3,(H2,15,17). The van der Waals surface area contributed by atoms with Crippen molar-refractivity contribution in [1.82, 2.24) is 4.98 Å². The highest BCUT2D eigenvalue weighted by Gasteiger charge is 2.21. The fourth-order valence-electron chi connectivity index (χ4n) is 2.78. The number of amidine groups is 1. The molecule has 2 heterocycles. The Morgan fingerprint density at radius 3 is 2.89 bits per heavy atom. The first-order chi connectivity index (χ1) is 9.26. The molecule has 104 valence electrons. The highest BCUT2D eigenvalue weighted by Crippen LogP contribution is 2.27. The Hall–Kier alpha value is -1.78. The van der Waals surface area contributed by atoms with Crippen molar-refractivity contribution in [3.8, 4) is 0 Å². The Morgan fingerprint density at radius 1 is 1.53 bits per heavy atom. The number of nitrogens with two attached hydrogens (primary N) is 1. The second kappa shape index (κ2) is 6.41. The van der Waals surface area contributed by atoms with Crippen LogP contribution in [0, 0.1) is 5.92 Å². The maximum Gasteiger partial charge on any atom is 0.172 e. The minimum absolute atomic E-state index is 0.146. The molecule has 0 saturated carbocycles. The summed E-state index contributed by atoms with van der Waals surface area (Å²) in [6.45, 7) is 4.27. The molecule has 2 rings (SSSR count). The van der Waals surface area contributed by atoms with E-state index in [1.165, 1.54) is 25.7 Å². The minimum atomic E-state index is 0.146. The van der Waals surface area contributed by atoms with Crippen LogP contribution < -0.4 is 10.6 Å². The van der Waals surface area contributed by atoms with Crippen LogP contribution in [0.3, 0.4) is 0 Å². The first-order valence-electron chi connectivity index (χ1n) is 6.93. The zero-order valence-corrected chi connectivity index (χ0v) is 11.4. The molecular weight excluding hydrogens is 240 g/mol. The number of nitrogens with zero attached hydrogens (tertiary/aromatic N) is 3. The SMILES string of the molecule is CCCC1CCN(c2cnccc2/C(N)=N/O)CC1. The molecule has 1 aromatic heterocycles. The van der Waals surface area contributed by atoms with Crippen molar-refractivity contribution in [3.63, 3.8) is 0 Å². The van der Waals surface area contributed by atoms with E-state index in [0.29, 0.717) is 0 Å². The second-order valence-electron chi connectivity index (χ2n) is 5.10. The number of hydrogen-bond acceptors (Lipinski definition) is 4. The van der Waals surface area contributed by atoms with Gasteiger partial charge in [-0.3, -0.25) is 4.98 Å². The Labute approximate surface area is 114 Å². The van der Waals surface area contributed by atoms with Crippen LogP contribution in [-0.4, -0.2) is 29.1 Å². The molecule has 0 radical (unpaired) electrons. The second-order valence-corrected chi connectivity index (χ2v) is 5.10. The first kappa shape index (κ1) is 13.6. The van der Waals surface area contributed by atoms with Gasteiger partial charge in [0.15, 0.2) is 5.84 Å². The predicted molar refractivity (Wildman–Crippen MR) is 76.6 cm³/mol. The molecule has 0 aromatic carbocycles. The van der Waals surface area contributed by atoms with E-state index in [9.17, 15) is 0 Å². The Bertz CT molecular complexity index is 439. The van der Waals surface area contributed by atoms with Gasteiger partial charge in [0.05, 0.1) is 11.9 Å². The molecule has 1 aliphatic rings. The Balaban J connectivity index is 2.11. The molecule has 1 aliphatic heterocycles. The van der Waals surface area contributed by atoms with Crippen LogP contribution in [-0.2, 0) is 0 Å². The van der Waals surface area contributed by atoms with Crippen LogP contribution in [0.15, 0.2) is 23.6 Å². The normalized spacial score (nSPS) is 17.7. The summed E-state index contributed by atoms with van der Waals surface area (Å²) in [7, 11) is 0. The summed E-state index contributed by atoms with van der Waals surface area (Å²) in [4.78, 5) is 6.44. The molecule has 1 fully saturated rings. The van der Waals surface area contributed by atoms with E-state index in [1.54, 1.807) is 18.5 Å². The maximum absolute atomic E-state index is 8.85. The van der Waals surface area contributed by atoms with Crippen molar-refractivity contribution in [1.29, 1.82) is 0 Å². The lowest BCUT2D eigenvalue weighted by Crippen LogP contribution is -2.35. The van der Waals surface area contributed by atoms with Gasteiger partial charge in [0, 0.05) is 24.8 Å². The van der Waals surface area contributed by atoms with Crippen LogP contribution in [0.5, 0.6) is 0 Å². The molecule has 5 nitrogen and oxygen atoms in total. The van der Waals surface area contributed by atoms with Gasteiger partial charge >= 0.3 is 0 Å².